The van der Waals surface area contributed by atoms with Crippen LogP contribution in [-0.2, 0) is 10.8 Å². The van der Waals surface area contributed by atoms with Crippen LogP contribution in [0.2, 0.25) is 0 Å². The highest BCUT2D eigenvalue weighted by atomic mass is 15.0. The Morgan fingerprint density at radius 2 is 1.08 bits per heavy atom. The molecule has 0 aliphatic heterocycles. The predicted molar refractivity (Wildman–Crippen MR) is 205 cm³/mol. The average molecular weight is 634 g/mol. The van der Waals surface area contributed by atoms with Crippen LogP contribution in [0.1, 0.15) is 58.2 Å². The molecule has 0 amide bonds. The Labute approximate surface area is 289 Å². The van der Waals surface area contributed by atoms with Crippen LogP contribution < -0.4 is 0 Å². The lowest BCUT2D eigenvalue weighted by atomic mass is 9.85. The zero-order chi connectivity index (χ0) is 34.5. The molecule has 0 radical (unpaired) electrons. The van der Waals surface area contributed by atoms with Gasteiger partial charge >= 0.3 is 0 Å². The highest BCUT2D eigenvalue weighted by Crippen LogP contribution is 2.45. The third kappa shape index (κ3) is 5.69. The summed E-state index contributed by atoms with van der Waals surface area (Å²) in [5.41, 5.74) is 12.9. The molecule has 49 heavy (non-hydrogen) atoms. The maximum absolute atomic E-state index is 9.63. The van der Waals surface area contributed by atoms with Gasteiger partial charge in [-0.1, -0.05) is 120 Å². The number of rotatable bonds is 4. The van der Waals surface area contributed by atoms with E-state index in [0.717, 1.165) is 50.1 Å². The van der Waals surface area contributed by atoms with Gasteiger partial charge in [-0.3, -0.25) is 0 Å². The summed E-state index contributed by atoms with van der Waals surface area (Å²) in [6.07, 6.45) is 0. The summed E-state index contributed by atoms with van der Waals surface area (Å²) in [5, 5.41) is 12.1. The van der Waals surface area contributed by atoms with E-state index in [1.54, 1.807) is 6.07 Å². The van der Waals surface area contributed by atoms with Crippen molar-refractivity contribution in [1.29, 1.82) is 5.26 Å². The standard InChI is InChI=1S/C46H39N3/c1-45(2,3)33-19-22-42-39(25-33)40-26-34(46(4,5)6)20-23-43(40)49(42)44-28-36(31-14-10-8-11-15-31)38(27-37(44)32-16-12-9-13-17-32)35-21-18-30(29-47)24-41(35)48-7/h8-28H,1-6H3. The molecule has 1 heterocycles. The van der Waals surface area contributed by atoms with Crippen molar-refractivity contribution in [1.82, 2.24) is 4.57 Å². The van der Waals surface area contributed by atoms with Gasteiger partial charge < -0.3 is 4.57 Å². The van der Waals surface area contributed by atoms with Crippen molar-refractivity contribution in [3.05, 3.63) is 156 Å². The van der Waals surface area contributed by atoms with Crippen LogP contribution in [0.5, 0.6) is 0 Å². The van der Waals surface area contributed by atoms with Crippen molar-refractivity contribution >= 4 is 27.5 Å². The van der Waals surface area contributed by atoms with Gasteiger partial charge in [0.25, 0.3) is 0 Å². The van der Waals surface area contributed by atoms with Gasteiger partial charge in [0.1, 0.15) is 0 Å². The molecular formula is C46H39N3. The van der Waals surface area contributed by atoms with Crippen molar-refractivity contribution in [2.24, 2.45) is 0 Å². The maximum Gasteiger partial charge on any atom is 0.196 e. The van der Waals surface area contributed by atoms with Gasteiger partial charge in [0.05, 0.1) is 29.4 Å². The van der Waals surface area contributed by atoms with E-state index in [1.807, 2.05) is 24.3 Å². The summed E-state index contributed by atoms with van der Waals surface area (Å²) in [4.78, 5) is 3.90. The Kier molecular flexibility index (Phi) is 7.74. The van der Waals surface area contributed by atoms with Crippen LogP contribution in [-0.4, -0.2) is 4.57 Å². The van der Waals surface area contributed by atoms with Gasteiger partial charge in [0.2, 0.25) is 0 Å². The van der Waals surface area contributed by atoms with E-state index < -0.39 is 0 Å². The minimum atomic E-state index is 0.00326. The van der Waals surface area contributed by atoms with E-state index in [9.17, 15) is 5.26 Å². The summed E-state index contributed by atoms with van der Waals surface area (Å²) in [5.74, 6) is 0. The number of nitriles is 1. The first-order valence-corrected chi connectivity index (χ1v) is 16.8. The van der Waals surface area contributed by atoms with Crippen LogP contribution in [0.4, 0.5) is 5.69 Å². The molecule has 6 aromatic carbocycles. The first-order chi connectivity index (χ1) is 23.5. The van der Waals surface area contributed by atoms with Crippen molar-refractivity contribution in [2.75, 3.05) is 0 Å². The normalized spacial score (nSPS) is 11.8. The lowest BCUT2D eigenvalue weighted by Crippen LogP contribution is -2.10. The molecule has 3 heteroatoms. The van der Waals surface area contributed by atoms with Gasteiger partial charge in [-0.2, -0.15) is 5.26 Å². The molecule has 0 saturated heterocycles. The average Bonchev–Trinajstić information content (AvgIpc) is 3.44. The van der Waals surface area contributed by atoms with E-state index in [0.29, 0.717) is 11.3 Å². The number of nitrogens with zero attached hydrogens (tertiary/aromatic N) is 3. The molecule has 0 unspecified atom stereocenters. The quantitative estimate of drug-likeness (QED) is 0.178. The number of benzene rings is 6. The fraction of sp³-hybridized carbons (Fsp3) is 0.174. The van der Waals surface area contributed by atoms with E-state index in [4.69, 9.17) is 6.57 Å². The van der Waals surface area contributed by atoms with Gasteiger partial charge in [0, 0.05) is 21.9 Å². The van der Waals surface area contributed by atoms with Gasteiger partial charge in [-0.15, -0.1) is 0 Å². The molecule has 0 aliphatic rings. The van der Waals surface area contributed by atoms with Crippen LogP contribution >= 0.6 is 0 Å². The first kappa shape index (κ1) is 31.7. The predicted octanol–water partition coefficient (Wildman–Crippen LogP) is 12.8. The Morgan fingerprint density at radius 1 is 0.551 bits per heavy atom. The SMILES string of the molecule is [C-]#[N+]c1cc(C#N)ccc1-c1cc(-c2ccccc2)c(-n2c3ccc(C(C)(C)C)cc3c3cc(C(C)(C)C)ccc32)cc1-c1ccccc1. The van der Waals surface area contributed by atoms with Crippen molar-refractivity contribution in [3.8, 4) is 45.1 Å². The number of hydrogen-bond acceptors (Lipinski definition) is 1. The minimum absolute atomic E-state index is 0.00326. The molecule has 7 aromatic rings. The Hall–Kier alpha value is -5.90. The summed E-state index contributed by atoms with van der Waals surface area (Å²) >= 11 is 0. The molecule has 1 aromatic heterocycles. The molecule has 238 valence electrons. The first-order valence-electron chi connectivity index (χ1n) is 16.8. The molecule has 0 saturated carbocycles. The molecule has 0 spiro atoms. The molecule has 0 bridgehead atoms. The molecule has 0 fully saturated rings. The Bertz CT molecular complexity index is 2380. The second-order valence-electron chi connectivity index (χ2n) is 14.9. The molecule has 0 aliphatic carbocycles. The Morgan fingerprint density at radius 3 is 1.57 bits per heavy atom. The van der Waals surface area contributed by atoms with E-state index in [1.165, 1.54) is 21.9 Å². The zero-order valence-electron chi connectivity index (χ0n) is 29.0. The van der Waals surface area contributed by atoms with Crippen molar-refractivity contribution in [3.63, 3.8) is 0 Å². The molecule has 7 rings (SSSR count). The third-order valence-electron chi connectivity index (χ3n) is 9.58. The highest BCUT2D eigenvalue weighted by Gasteiger charge is 2.24. The second-order valence-corrected chi connectivity index (χ2v) is 14.9. The summed E-state index contributed by atoms with van der Waals surface area (Å²) in [7, 11) is 0. The molecule has 0 atom stereocenters. The molecular weight excluding hydrogens is 595 g/mol. The van der Waals surface area contributed by atoms with Crippen LogP contribution in [0.15, 0.2) is 127 Å². The third-order valence-corrected chi connectivity index (χ3v) is 9.58. The number of fused-ring (bicyclic) bond motifs is 3. The topological polar surface area (TPSA) is 33.1 Å². The fourth-order valence-corrected chi connectivity index (χ4v) is 6.84. The fourth-order valence-electron chi connectivity index (χ4n) is 6.84. The van der Waals surface area contributed by atoms with Crippen LogP contribution in [0.3, 0.4) is 0 Å². The highest BCUT2D eigenvalue weighted by molar-refractivity contribution is 6.11. The van der Waals surface area contributed by atoms with Crippen molar-refractivity contribution < 1.29 is 0 Å². The van der Waals surface area contributed by atoms with E-state index >= 15 is 0 Å². The van der Waals surface area contributed by atoms with Gasteiger partial charge in [-0.05, 0) is 98.3 Å². The number of hydrogen-bond donors (Lipinski definition) is 0. The zero-order valence-corrected chi connectivity index (χ0v) is 29.0. The maximum atomic E-state index is 9.63. The van der Waals surface area contributed by atoms with Crippen LogP contribution in [0, 0.1) is 17.9 Å². The monoisotopic (exact) mass is 633 g/mol. The second kappa shape index (κ2) is 12.0. The summed E-state index contributed by atoms with van der Waals surface area (Å²) < 4.78 is 2.43. The van der Waals surface area contributed by atoms with Gasteiger partial charge in [-0.25, -0.2) is 4.85 Å². The lowest BCUT2D eigenvalue weighted by Gasteiger charge is -2.21. The molecule has 0 N–H and O–H groups in total. The minimum Gasteiger partial charge on any atom is -0.309 e. The number of aromatic nitrogens is 1. The summed E-state index contributed by atoms with van der Waals surface area (Å²) in [6.45, 7) is 21.7. The van der Waals surface area contributed by atoms with Gasteiger partial charge in [0.15, 0.2) is 5.69 Å². The lowest BCUT2D eigenvalue weighted by molar-refractivity contribution is 0.590. The largest absolute Gasteiger partial charge is 0.309 e. The summed E-state index contributed by atoms with van der Waals surface area (Å²) in [6, 6.07) is 47.0. The van der Waals surface area contributed by atoms with Crippen molar-refractivity contribution in [2.45, 2.75) is 52.4 Å². The van der Waals surface area contributed by atoms with E-state index in [-0.39, 0.29) is 10.8 Å². The smallest absolute Gasteiger partial charge is 0.196 e. The Balaban J connectivity index is 1.65. The van der Waals surface area contributed by atoms with Crippen LogP contribution in [0.25, 0.3) is 65.7 Å². The van der Waals surface area contributed by atoms with E-state index in [2.05, 4.69) is 154 Å². The molecule has 3 nitrogen and oxygen atoms in total.